The van der Waals surface area contributed by atoms with E-state index in [1.54, 1.807) is 0 Å². The molecule has 0 saturated carbocycles. The standard InChI is InChI=1S/C9H12S/c1-10(2,3)9-7-5-4-6-8-9/h4-8H,1-2H2,3H3. The lowest BCUT2D eigenvalue weighted by Crippen LogP contribution is -1.74. The van der Waals surface area contributed by atoms with E-state index in [-0.39, 0.29) is 0 Å². The Labute approximate surface area is 63.0 Å². The second kappa shape index (κ2) is 2.51. The van der Waals surface area contributed by atoms with Crippen LogP contribution < -0.4 is 0 Å². The average Bonchev–Trinajstić information content (AvgIpc) is 1.88. The quantitative estimate of drug-likeness (QED) is 0.542. The van der Waals surface area contributed by atoms with Gasteiger partial charge in [-0.15, -0.1) is 0 Å². The van der Waals surface area contributed by atoms with Crippen molar-refractivity contribution in [3.05, 3.63) is 30.3 Å². The van der Waals surface area contributed by atoms with Crippen LogP contribution in [0.3, 0.4) is 0 Å². The molecule has 0 amide bonds. The van der Waals surface area contributed by atoms with Crippen LogP contribution in [0.15, 0.2) is 35.2 Å². The molecule has 0 unspecified atom stereocenters. The van der Waals surface area contributed by atoms with Gasteiger partial charge in [-0.05, 0) is 23.3 Å². The monoisotopic (exact) mass is 152 g/mol. The van der Waals surface area contributed by atoms with E-state index in [2.05, 4.69) is 30.1 Å². The SMILES string of the molecule is C=S(=C)(C)c1ccccc1. The maximum atomic E-state index is 4.01. The molecule has 0 atom stereocenters. The Morgan fingerprint density at radius 1 is 1.10 bits per heavy atom. The van der Waals surface area contributed by atoms with Gasteiger partial charge >= 0.3 is 0 Å². The van der Waals surface area contributed by atoms with Gasteiger partial charge in [0.15, 0.2) is 0 Å². The molecule has 1 aromatic carbocycles. The minimum atomic E-state index is -1.00. The van der Waals surface area contributed by atoms with Gasteiger partial charge in [0, 0.05) is 0 Å². The highest BCUT2D eigenvalue weighted by Crippen LogP contribution is 2.26. The number of rotatable bonds is 1. The molecular weight excluding hydrogens is 140 g/mol. The summed E-state index contributed by atoms with van der Waals surface area (Å²) in [5.74, 6) is 8.03. The van der Waals surface area contributed by atoms with Crippen LogP contribution in [0.2, 0.25) is 0 Å². The Balaban J connectivity index is 3.22. The Morgan fingerprint density at radius 3 is 1.90 bits per heavy atom. The van der Waals surface area contributed by atoms with Gasteiger partial charge in [0.25, 0.3) is 0 Å². The number of hydrogen-bond donors (Lipinski definition) is 0. The van der Waals surface area contributed by atoms with Crippen LogP contribution >= 0.6 is 9.21 Å². The Hall–Kier alpha value is -0.690. The average molecular weight is 152 g/mol. The fourth-order valence-corrected chi connectivity index (χ4v) is 1.56. The van der Waals surface area contributed by atoms with E-state index in [0.717, 1.165) is 0 Å². The third kappa shape index (κ3) is 1.64. The molecule has 0 fully saturated rings. The molecule has 1 aromatic rings. The summed E-state index contributed by atoms with van der Waals surface area (Å²) in [6, 6.07) is 10.2. The molecule has 1 heteroatoms. The first-order valence-corrected chi connectivity index (χ1v) is 5.48. The smallest absolute Gasteiger partial charge is 0.00417 e. The first kappa shape index (κ1) is 7.42. The van der Waals surface area contributed by atoms with Crippen LogP contribution in [0, 0.1) is 0 Å². The fourth-order valence-electron chi connectivity index (χ4n) is 0.749. The molecule has 0 aliphatic rings. The zero-order chi connectivity index (χ0) is 7.61. The molecule has 1 rings (SSSR count). The van der Waals surface area contributed by atoms with E-state index in [1.807, 2.05) is 18.2 Å². The normalized spacial score (nSPS) is 11.3. The molecule has 0 aliphatic carbocycles. The summed E-state index contributed by atoms with van der Waals surface area (Å²) in [5, 5.41) is 0. The van der Waals surface area contributed by atoms with Gasteiger partial charge in [0.2, 0.25) is 0 Å². The molecule has 0 nitrogen and oxygen atoms in total. The van der Waals surface area contributed by atoms with Gasteiger partial charge in [0.05, 0.1) is 0 Å². The highest BCUT2D eigenvalue weighted by molar-refractivity contribution is 8.27. The Kier molecular flexibility index (Phi) is 1.86. The van der Waals surface area contributed by atoms with E-state index >= 15 is 0 Å². The van der Waals surface area contributed by atoms with E-state index in [1.165, 1.54) is 4.90 Å². The summed E-state index contributed by atoms with van der Waals surface area (Å²) >= 11 is 0. The molecule has 0 radical (unpaired) electrons. The summed E-state index contributed by atoms with van der Waals surface area (Å²) in [7, 11) is -1.00. The van der Waals surface area contributed by atoms with Crippen molar-refractivity contribution >= 4 is 20.9 Å². The lowest BCUT2D eigenvalue weighted by Gasteiger charge is -2.05. The molecule has 10 heavy (non-hydrogen) atoms. The summed E-state index contributed by atoms with van der Waals surface area (Å²) in [6.45, 7) is 0. The second-order valence-electron chi connectivity index (χ2n) is 2.59. The van der Waals surface area contributed by atoms with Crippen LogP contribution in [-0.2, 0) is 0 Å². The lowest BCUT2D eigenvalue weighted by atomic mass is 10.4. The maximum absolute atomic E-state index is 4.01. The van der Waals surface area contributed by atoms with E-state index in [0.29, 0.717) is 0 Å². The molecule has 0 aliphatic heterocycles. The minimum Gasteiger partial charge on any atom is -0.190 e. The summed E-state index contributed by atoms with van der Waals surface area (Å²) < 4.78 is 0. The van der Waals surface area contributed by atoms with Gasteiger partial charge < -0.3 is 0 Å². The molecule has 0 heterocycles. The minimum absolute atomic E-state index is 1.00. The van der Waals surface area contributed by atoms with Gasteiger partial charge in [-0.25, -0.2) is 0 Å². The molecule has 0 aromatic heterocycles. The highest BCUT2D eigenvalue weighted by Gasteiger charge is 1.90. The number of benzene rings is 1. The summed E-state index contributed by atoms with van der Waals surface area (Å²) in [4.78, 5) is 1.26. The largest absolute Gasteiger partial charge is 0.190 e. The highest BCUT2D eigenvalue weighted by atomic mass is 32.2. The van der Waals surface area contributed by atoms with E-state index in [4.69, 9.17) is 0 Å². The first-order valence-electron chi connectivity index (χ1n) is 3.10. The summed E-state index contributed by atoms with van der Waals surface area (Å²) in [5.41, 5.74) is 0. The van der Waals surface area contributed by atoms with Crippen molar-refractivity contribution in [2.24, 2.45) is 0 Å². The van der Waals surface area contributed by atoms with E-state index < -0.39 is 9.21 Å². The predicted octanol–water partition coefficient (Wildman–Crippen LogP) is 2.34. The second-order valence-corrected chi connectivity index (χ2v) is 5.61. The third-order valence-corrected chi connectivity index (χ3v) is 2.72. The van der Waals surface area contributed by atoms with Gasteiger partial charge in [-0.1, -0.05) is 29.9 Å². The third-order valence-electron chi connectivity index (χ3n) is 1.31. The van der Waals surface area contributed by atoms with Gasteiger partial charge in [-0.3, -0.25) is 0 Å². The van der Waals surface area contributed by atoms with Crippen molar-refractivity contribution in [3.8, 4) is 0 Å². The molecule has 0 saturated heterocycles. The predicted molar refractivity (Wildman–Crippen MR) is 52.5 cm³/mol. The van der Waals surface area contributed by atoms with Crippen LogP contribution in [0.1, 0.15) is 0 Å². The molecular formula is C9H12S. The molecule has 0 N–H and O–H groups in total. The Bertz CT molecular complexity index is 293. The van der Waals surface area contributed by atoms with Crippen LogP contribution in [0.5, 0.6) is 0 Å². The molecule has 54 valence electrons. The van der Waals surface area contributed by atoms with Gasteiger partial charge in [-0.2, -0.15) is 9.21 Å². The van der Waals surface area contributed by atoms with Crippen LogP contribution in [-0.4, -0.2) is 18.0 Å². The number of hydrogen-bond acceptors (Lipinski definition) is 0. The van der Waals surface area contributed by atoms with Crippen LogP contribution in [0.25, 0.3) is 0 Å². The van der Waals surface area contributed by atoms with Crippen molar-refractivity contribution in [3.63, 3.8) is 0 Å². The first-order chi connectivity index (χ1) is 4.61. The summed E-state index contributed by atoms with van der Waals surface area (Å²) in [6.07, 6.45) is 2.09. The topological polar surface area (TPSA) is 0 Å². The zero-order valence-electron chi connectivity index (χ0n) is 6.21. The maximum Gasteiger partial charge on any atom is -0.00417 e. The van der Waals surface area contributed by atoms with Crippen LogP contribution in [0.4, 0.5) is 0 Å². The van der Waals surface area contributed by atoms with Crippen molar-refractivity contribution in [2.45, 2.75) is 4.90 Å². The Morgan fingerprint density at radius 2 is 1.60 bits per heavy atom. The fraction of sp³-hybridized carbons (Fsp3) is 0.111. The van der Waals surface area contributed by atoms with Crippen molar-refractivity contribution in [1.82, 2.24) is 0 Å². The molecule has 0 bridgehead atoms. The van der Waals surface area contributed by atoms with Crippen molar-refractivity contribution < 1.29 is 0 Å². The van der Waals surface area contributed by atoms with Gasteiger partial charge in [0.1, 0.15) is 0 Å². The van der Waals surface area contributed by atoms with E-state index in [9.17, 15) is 0 Å². The zero-order valence-corrected chi connectivity index (χ0v) is 7.03. The lowest BCUT2D eigenvalue weighted by molar-refractivity contribution is 1.47. The van der Waals surface area contributed by atoms with Crippen molar-refractivity contribution in [2.75, 3.05) is 6.26 Å². The van der Waals surface area contributed by atoms with Crippen molar-refractivity contribution in [1.29, 1.82) is 0 Å². The molecule has 0 spiro atoms.